The van der Waals surface area contributed by atoms with Crippen molar-refractivity contribution >= 4 is 39.3 Å². The number of nitrogens with zero attached hydrogens (tertiary/aromatic N) is 2. The molecule has 21 heavy (non-hydrogen) atoms. The Balaban J connectivity index is 2.62. The summed E-state index contributed by atoms with van der Waals surface area (Å²) in [6, 6.07) is -0.802. The van der Waals surface area contributed by atoms with E-state index in [-0.39, 0.29) is 0 Å². The van der Waals surface area contributed by atoms with Crippen LogP contribution in [0.2, 0.25) is 0 Å². The van der Waals surface area contributed by atoms with E-state index < -0.39 is 18.0 Å². The van der Waals surface area contributed by atoms with Gasteiger partial charge in [-0.05, 0) is 26.3 Å². The molecule has 0 unspecified atom stereocenters. The number of aromatic nitrogens is 2. The predicted octanol–water partition coefficient (Wildman–Crippen LogP) is 1.98. The number of anilines is 1. The van der Waals surface area contributed by atoms with Crippen molar-refractivity contribution in [1.82, 2.24) is 9.97 Å². The number of carbonyl (C=O) groups excluding carboxylic acids is 1. The first-order valence-corrected chi connectivity index (χ1v) is 7.02. The molecule has 2 rings (SSSR count). The standard InChI is InChI=1S/C13H15N3O4S/c1-5-8-10(14-6(2)12(17)18)15-7(3)16-11(8)21-9(5)13(19)20-4/h6H,1-4H3,(H,17,18)(H,14,15,16)/t6-/m0/s1. The minimum atomic E-state index is -0.986. The largest absolute Gasteiger partial charge is 0.480 e. The smallest absolute Gasteiger partial charge is 0.348 e. The summed E-state index contributed by atoms with van der Waals surface area (Å²) < 4.78 is 4.74. The molecule has 2 N–H and O–H groups in total. The first-order chi connectivity index (χ1) is 9.85. The van der Waals surface area contributed by atoms with Crippen molar-refractivity contribution in [3.63, 3.8) is 0 Å². The van der Waals surface area contributed by atoms with E-state index in [1.54, 1.807) is 13.8 Å². The molecule has 112 valence electrons. The van der Waals surface area contributed by atoms with Crippen molar-refractivity contribution in [2.45, 2.75) is 26.8 Å². The van der Waals surface area contributed by atoms with E-state index in [0.29, 0.717) is 32.3 Å². The van der Waals surface area contributed by atoms with Crippen LogP contribution in [0.25, 0.3) is 10.2 Å². The number of carboxylic acid groups (broad SMARTS) is 1. The molecule has 1 atom stereocenters. The first kappa shape index (κ1) is 15.2. The number of hydrogen-bond acceptors (Lipinski definition) is 7. The highest BCUT2D eigenvalue weighted by Crippen LogP contribution is 2.34. The molecular formula is C13H15N3O4S. The predicted molar refractivity (Wildman–Crippen MR) is 78.9 cm³/mol. The number of ether oxygens (including phenoxy) is 1. The molecule has 0 radical (unpaired) electrons. The van der Waals surface area contributed by atoms with Crippen LogP contribution in [0.15, 0.2) is 0 Å². The summed E-state index contributed by atoms with van der Waals surface area (Å²) in [6.45, 7) is 5.00. The van der Waals surface area contributed by atoms with Gasteiger partial charge in [0.15, 0.2) is 0 Å². The zero-order chi connectivity index (χ0) is 15.7. The fourth-order valence-corrected chi connectivity index (χ4v) is 3.05. The van der Waals surface area contributed by atoms with Gasteiger partial charge in [-0.2, -0.15) is 0 Å². The highest BCUT2D eigenvalue weighted by Gasteiger charge is 2.22. The lowest BCUT2D eigenvalue weighted by Crippen LogP contribution is -2.26. The summed E-state index contributed by atoms with van der Waals surface area (Å²) in [5.74, 6) is -0.512. The number of thiophene rings is 1. The number of carbonyl (C=O) groups is 2. The quantitative estimate of drug-likeness (QED) is 0.833. The summed E-state index contributed by atoms with van der Waals surface area (Å²) in [4.78, 5) is 32.4. The summed E-state index contributed by atoms with van der Waals surface area (Å²) in [6.07, 6.45) is 0. The third-order valence-electron chi connectivity index (χ3n) is 3.00. The Morgan fingerprint density at radius 1 is 1.33 bits per heavy atom. The van der Waals surface area contributed by atoms with Gasteiger partial charge >= 0.3 is 11.9 Å². The average molecular weight is 309 g/mol. The number of hydrogen-bond donors (Lipinski definition) is 2. The molecule has 0 aromatic carbocycles. The maximum atomic E-state index is 11.8. The minimum Gasteiger partial charge on any atom is -0.480 e. The van der Waals surface area contributed by atoms with Crippen LogP contribution >= 0.6 is 11.3 Å². The molecule has 0 fully saturated rings. The van der Waals surface area contributed by atoms with Crippen molar-refractivity contribution in [2.75, 3.05) is 12.4 Å². The topological polar surface area (TPSA) is 101 Å². The zero-order valence-electron chi connectivity index (χ0n) is 12.1. The van der Waals surface area contributed by atoms with Crippen LogP contribution in [0.5, 0.6) is 0 Å². The minimum absolute atomic E-state index is 0.413. The normalized spacial score (nSPS) is 12.2. The van der Waals surface area contributed by atoms with Gasteiger partial charge in [0.2, 0.25) is 0 Å². The molecule has 2 aromatic heterocycles. The molecular weight excluding hydrogens is 294 g/mol. The van der Waals surface area contributed by atoms with E-state index in [0.717, 1.165) is 0 Å². The Morgan fingerprint density at radius 3 is 2.57 bits per heavy atom. The van der Waals surface area contributed by atoms with Gasteiger partial charge in [-0.3, -0.25) is 4.79 Å². The van der Waals surface area contributed by atoms with Crippen molar-refractivity contribution in [2.24, 2.45) is 0 Å². The van der Waals surface area contributed by atoms with Gasteiger partial charge in [0.05, 0.1) is 12.5 Å². The number of methoxy groups -OCH3 is 1. The van der Waals surface area contributed by atoms with Crippen LogP contribution in [0, 0.1) is 13.8 Å². The molecule has 0 aliphatic carbocycles. The lowest BCUT2D eigenvalue weighted by Gasteiger charge is -2.11. The number of aryl methyl sites for hydroxylation is 2. The van der Waals surface area contributed by atoms with Gasteiger partial charge in [-0.1, -0.05) is 0 Å². The summed E-state index contributed by atoms with van der Waals surface area (Å²) in [5.41, 5.74) is 0.682. The van der Waals surface area contributed by atoms with E-state index in [1.165, 1.54) is 25.4 Å². The van der Waals surface area contributed by atoms with Gasteiger partial charge in [0.25, 0.3) is 0 Å². The fraction of sp³-hybridized carbons (Fsp3) is 0.385. The summed E-state index contributed by atoms with van der Waals surface area (Å²) in [7, 11) is 1.31. The maximum absolute atomic E-state index is 11.8. The molecule has 0 aliphatic rings. The van der Waals surface area contributed by atoms with E-state index >= 15 is 0 Å². The van der Waals surface area contributed by atoms with Crippen LogP contribution in [-0.4, -0.2) is 40.2 Å². The van der Waals surface area contributed by atoms with Crippen LogP contribution in [0.1, 0.15) is 28.0 Å². The first-order valence-electron chi connectivity index (χ1n) is 6.20. The lowest BCUT2D eigenvalue weighted by atomic mass is 10.2. The van der Waals surface area contributed by atoms with Gasteiger partial charge in [-0.25, -0.2) is 14.8 Å². The van der Waals surface area contributed by atoms with Crippen LogP contribution in [0.3, 0.4) is 0 Å². The Bertz CT molecular complexity index is 726. The molecule has 7 nitrogen and oxygen atoms in total. The number of carboxylic acids is 1. The summed E-state index contributed by atoms with van der Waals surface area (Å²) in [5, 5.41) is 12.5. The fourth-order valence-electron chi connectivity index (χ4n) is 1.90. The lowest BCUT2D eigenvalue weighted by molar-refractivity contribution is -0.137. The molecule has 0 spiro atoms. The van der Waals surface area contributed by atoms with Crippen molar-refractivity contribution < 1.29 is 19.4 Å². The van der Waals surface area contributed by atoms with Gasteiger partial charge in [0.1, 0.15) is 27.4 Å². The van der Waals surface area contributed by atoms with Crippen molar-refractivity contribution in [3.05, 3.63) is 16.3 Å². The van der Waals surface area contributed by atoms with Crippen LogP contribution in [-0.2, 0) is 9.53 Å². The molecule has 0 saturated heterocycles. The number of fused-ring (bicyclic) bond motifs is 1. The van der Waals surface area contributed by atoms with Crippen LogP contribution < -0.4 is 5.32 Å². The molecule has 0 saturated carbocycles. The third kappa shape index (κ3) is 2.80. The monoisotopic (exact) mass is 309 g/mol. The third-order valence-corrected chi connectivity index (χ3v) is 4.16. The Kier molecular flexibility index (Phi) is 4.08. The van der Waals surface area contributed by atoms with Gasteiger partial charge in [0, 0.05) is 0 Å². The van der Waals surface area contributed by atoms with Crippen molar-refractivity contribution in [1.29, 1.82) is 0 Å². The summed E-state index contributed by atoms with van der Waals surface area (Å²) >= 11 is 1.21. The highest BCUT2D eigenvalue weighted by atomic mass is 32.1. The number of nitrogens with one attached hydrogen (secondary N) is 1. The molecule has 2 aromatic rings. The second-order valence-electron chi connectivity index (χ2n) is 4.55. The maximum Gasteiger partial charge on any atom is 0.348 e. The molecule has 0 bridgehead atoms. The number of rotatable bonds is 4. The Morgan fingerprint density at radius 2 is 2.00 bits per heavy atom. The second kappa shape index (κ2) is 5.65. The van der Waals surface area contributed by atoms with Gasteiger partial charge < -0.3 is 15.2 Å². The SMILES string of the molecule is COC(=O)c1sc2nc(C)nc(N[C@@H](C)C(=O)O)c2c1C. The average Bonchev–Trinajstić information content (AvgIpc) is 2.74. The van der Waals surface area contributed by atoms with Gasteiger partial charge in [-0.15, -0.1) is 11.3 Å². The van der Waals surface area contributed by atoms with E-state index in [9.17, 15) is 9.59 Å². The highest BCUT2D eigenvalue weighted by molar-refractivity contribution is 7.20. The van der Waals surface area contributed by atoms with E-state index in [1.807, 2.05) is 0 Å². The Labute approximate surface area is 125 Å². The zero-order valence-corrected chi connectivity index (χ0v) is 12.9. The van der Waals surface area contributed by atoms with Crippen LogP contribution in [0.4, 0.5) is 5.82 Å². The van der Waals surface area contributed by atoms with Crippen molar-refractivity contribution in [3.8, 4) is 0 Å². The molecule has 0 aliphatic heterocycles. The molecule has 0 amide bonds. The second-order valence-corrected chi connectivity index (χ2v) is 5.55. The molecule has 8 heteroatoms. The number of aliphatic carboxylic acids is 1. The molecule has 2 heterocycles. The number of esters is 1. The van der Waals surface area contributed by atoms with E-state index in [4.69, 9.17) is 9.84 Å². The van der Waals surface area contributed by atoms with E-state index in [2.05, 4.69) is 15.3 Å². The Hall–Kier alpha value is -2.22.